The lowest BCUT2D eigenvalue weighted by atomic mass is 10.1. The van der Waals surface area contributed by atoms with Gasteiger partial charge in [-0.15, -0.1) is 11.8 Å². The van der Waals surface area contributed by atoms with Crippen LogP contribution in [0, 0.1) is 17.0 Å². The third-order valence-electron chi connectivity index (χ3n) is 3.72. The van der Waals surface area contributed by atoms with Gasteiger partial charge in [0.15, 0.2) is 12.6 Å². The molecular weight excluding hydrogens is 406 g/mol. The van der Waals surface area contributed by atoms with Gasteiger partial charge in [-0.1, -0.05) is 5.16 Å². The van der Waals surface area contributed by atoms with Crippen molar-refractivity contribution in [1.82, 2.24) is 5.16 Å². The topological polar surface area (TPSA) is 143 Å². The number of benzene rings is 1. The molecule has 2 aromatic rings. The van der Waals surface area contributed by atoms with E-state index in [0.29, 0.717) is 28.5 Å². The number of anilines is 1. The first kappa shape index (κ1) is 20.6. The van der Waals surface area contributed by atoms with Crippen molar-refractivity contribution in [3.8, 4) is 5.75 Å². The minimum Gasteiger partial charge on any atom is -0.467 e. The van der Waals surface area contributed by atoms with Crippen LogP contribution in [0.4, 0.5) is 11.5 Å². The SMILES string of the molecule is Cc1cc(NC(=O)CSCC(=O)OCc2cc([N+](=O)[O-])cc3c2OCOC3)no1. The van der Waals surface area contributed by atoms with Crippen LogP contribution in [-0.2, 0) is 32.3 Å². The van der Waals surface area contributed by atoms with Crippen molar-refractivity contribution in [3.05, 3.63) is 45.2 Å². The van der Waals surface area contributed by atoms with E-state index < -0.39 is 10.9 Å². The lowest BCUT2D eigenvalue weighted by Crippen LogP contribution is -2.17. The number of aryl methyl sites for hydroxylation is 1. The molecule has 0 spiro atoms. The molecule has 11 nitrogen and oxygen atoms in total. The predicted octanol–water partition coefficient (Wildman–Crippen LogP) is 2.17. The summed E-state index contributed by atoms with van der Waals surface area (Å²) in [5.41, 5.74) is 0.763. The molecule has 29 heavy (non-hydrogen) atoms. The second kappa shape index (κ2) is 9.39. The van der Waals surface area contributed by atoms with Crippen LogP contribution in [0.3, 0.4) is 0 Å². The van der Waals surface area contributed by atoms with Crippen molar-refractivity contribution in [2.75, 3.05) is 23.6 Å². The molecule has 1 aliphatic heterocycles. The fourth-order valence-electron chi connectivity index (χ4n) is 2.52. The van der Waals surface area contributed by atoms with Crippen LogP contribution < -0.4 is 10.1 Å². The van der Waals surface area contributed by atoms with Crippen molar-refractivity contribution in [1.29, 1.82) is 0 Å². The Kier molecular flexibility index (Phi) is 6.67. The van der Waals surface area contributed by atoms with Crippen LogP contribution in [0.25, 0.3) is 0 Å². The van der Waals surface area contributed by atoms with Crippen molar-refractivity contribution < 1.29 is 33.2 Å². The number of nitrogens with one attached hydrogen (secondary N) is 1. The fourth-order valence-corrected chi connectivity index (χ4v) is 3.13. The molecule has 1 amide bonds. The number of thioether (sulfide) groups is 1. The lowest BCUT2D eigenvalue weighted by molar-refractivity contribution is -0.385. The van der Waals surface area contributed by atoms with Gasteiger partial charge in [-0.3, -0.25) is 19.7 Å². The van der Waals surface area contributed by atoms with Gasteiger partial charge in [0, 0.05) is 29.3 Å². The maximum Gasteiger partial charge on any atom is 0.316 e. The number of carbonyl (C=O) groups excluding carboxylic acids is 2. The second-order valence-electron chi connectivity index (χ2n) is 5.99. The van der Waals surface area contributed by atoms with Gasteiger partial charge in [-0.05, 0) is 6.92 Å². The van der Waals surface area contributed by atoms with Gasteiger partial charge in [-0.2, -0.15) is 0 Å². The zero-order valence-electron chi connectivity index (χ0n) is 15.3. The Balaban J connectivity index is 1.48. The fraction of sp³-hybridized carbons (Fsp3) is 0.353. The zero-order valence-corrected chi connectivity index (χ0v) is 16.2. The molecule has 0 unspecified atom stereocenters. The molecule has 0 aliphatic carbocycles. The molecule has 0 radical (unpaired) electrons. The van der Waals surface area contributed by atoms with E-state index in [1.54, 1.807) is 13.0 Å². The Morgan fingerprint density at radius 2 is 2.17 bits per heavy atom. The summed E-state index contributed by atoms with van der Waals surface area (Å²) >= 11 is 1.06. The summed E-state index contributed by atoms with van der Waals surface area (Å²) in [7, 11) is 0. The standard InChI is InChI=1S/C17H17N3O8S/c1-10-2-14(19-28-10)18-15(21)7-29-8-16(22)26-6-12-4-13(20(23)24)3-11-5-25-9-27-17(11)12/h2-4H,5-9H2,1H3,(H,18,19,21). The van der Waals surface area contributed by atoms with Gasteiger partial charge >= 0.3 is 5.97 Å². The number of hydrogen-bond donors (Lipinski definition) is 1. The van der Waals surface area contributed by atoms with E-state index in [2.05, 4.69) is 10.5 Å². The average molecular weight is 423 g/mol. The summed E-state index contributed by atoms with van der Waals surface area (Å²) in [5, 5.41) is 17.3. The summed E-state index contributed by atoms with van der Waals surface area (Å²) in [6.45, 7) is 1.70. The monoisotopic (exact) mass is 423 g/mol. The Bertz CT molecular complexity index is 929. The van der Waals surface area contributed by atoms with Crippen molar-refractivity contribution in [2.45, 2.75) is 20.1 Å². The van der Waals surface area contributed by atoms with Gasteiger partial charge in [0.2, 0.25) is 5.91 Å². The van der Waals surface area contributed by atoms with Gasteiger partial charge in [0.05, 0.1) is 23.0 Å². The van der Waals surface area contributed by atoms with Crippen molar-refractivity contribution >= 4 is 35.1 Å². The molecule has 2 heterocycles. The molecule has 0 fully saturated rings. The van der Waals surface area contributed by atoms with E-state index in [9.17, 15) is 19.7 Å². The van der Waals surface area contributed by atoms with Gasteiger partial charge in [0.25, 0.3) is 5.69 Å². The highest BCUT2D eigenvalue weighted by molar-refractivity contribution is 8.00. The molecule has 154 valence electrons. The molecule has 1 N–H and O–H groups in total. The first-order valence-corrected chi connectivity index (χ1v) is 9.55. The number of hydrogen-bond acceptors (Lipinski definition) is 10. The zero-order chi connectivity index (χ0) is 20.8. The number of nitro benzene ring substituents is 1. The molecule has 1 aromatic heterocycles. The predicted molar refractivity (Wildman–Crippen MR) is 100 cm³/mol. The molecule has 1 aromatic carbocycles. The number of ether oxygens (including phenoxy) is 3. The van der Waals surface area contributed by atoms with Crippen molar-refractivity contribution in [2.24, 2.45) is 0 Å². The number of rotatable bonds is 8. The third kappa shape index (κ3) is 5.68. The summed E-state index contributed by atoms with van der Waals surface area (Å²) in [6.07, 6.45) is 0. The number of aromatic nitrogens is 1. The Hall–Kier alpha value is -3.12. The Morgan fingerprint density at radius 1 is 1.34 bits per heavy atom. The first-order valence-electron chi connectivity index (χ1n) is 8.39. The van der Waals surface area contributed by atoms with Gasteiger partial charge in [0.1, 0.15) is 18.1 Å². The quantitative estimate of drug-likeness (QED) is 0.381. The van der Waals surface area contributed by atoms with E-state index in [-0.39, 0.29) is 43.1 Å². The number of fused-ring (bicyclic) bond motifs is 1. The van der Waals surface area contributed by atoms with Crippen molar-refractivity contribution in [3.63, 3.8) is 0 Å². The molecule has 3 rings (SSSR count). The highest BCUT2D eigenvalue weighted by Gasteiger charge is 2.22. The first-order chi connectivity index (χ1) is 13.9. The van der Waals surface area contributed by atoms with Crippen LogP contribution in [-0.4, -0.2) is 40.3 Å². The van der Waals surface area contributed by atoms with Crippen LogP contribution in [0.5, 0.6) is 5.75 Å². The lowest BCUT2D eigenvalue weighted by Gasteiger charge is -2.20. The Labute approximate surface area is 168 Å². The molecular formula is C17H17N3O8S. The van der Waals surface area contributed by atoms with E-state index >= 15 is 0 Å². The highest BCUT2D eigenvalue weighted by Crippen LogP contribution is 2.33. The molecule has 1 aliphatic rings. The average Bonchev–Trinajstić information content (AvgIpc) is 3.10. The van der Waals surface area contributed by atoms with E-state index in [4.69, 9.17) is 18.7 Å². The number of esters is 1. The number of amides is 1. The smallest absolute Gasteiger partial charge is 0.316 e. The normalized spacial score (nSPS) is 12.6. The maximum atomic E-state index is 11.9. The summed E-state index contributed by atoms with van der Waals surface area (Å²) in [5.74, 6) is 0.347. The van der Waals surface area contributed by atoms with Crippen LogP contribution in [0.2, 0.25) is 0 Å². The molecule has 0 saturated carbocycles. The summed E-state index contributed by atoms with van der Waals surface area (Å²) in [4.78, 5) is 34.3. The van der Waals surface area contributed by atoms with E-state index in [0.717, 1.165) is 11.8 Å². The third-order valence-corrected chi connectivity index (χ3v) is 4.63. The molecule has 0 saturated heterocycles. The summed E-state index contributed by atoms with van der Waals surface area (Å²) in [6, 6.07) is 4.24. The van der Waals surface area contributed by atoms with E-state index in [1.807, 2.05) is 0 Å². The van der Waals surface area contributed by atoms with Gasteiger partial charge in [-0.25, -0.2) is 0 Å². The second-order valence-corrected chi connectivity index (χ2v) is 6.97. The van der Waals surface area contributed by atoms with Crippen LogP contribution in [0.15, 0.2) is 22.7 Å². The number of nitrogens with zero attached hydrogens (tertiary/aromatic N) is 2. The minimum atomic E-state index is -0.563. The maximum absolute atomic E-state index is 11.9. The van der Waals surface area contributed by atoms with Gasteiger partial charge < -0.3 is 24.1 Å². The highest BCUT2D eigenvalue weighted by atomic mass is 32.2. The van der Waals surface area contributed by atoms with E-state index in [1.165, 1.54) is 12.1 Å². The summed E-state index contributed by atoms with van der Waals surface area (Å²) < 4.78 is 20.5. The molecule has 12 heteroatoms. The number of non-ortho nitro benzene ring substituents is 1. The minimum absolute atomic E-state index is 0.0156. The Morgan fingerprint density at radius 3 is 2.90 bits per heavy atom. The molecule has 0 atom stereocenters. The number of carbonyl (C=O) groups is 2. The largest absolute Gasteiger partial charge is 0.467 e. The van der Waals surface area contributed by atoms with Crippen LogP contribution in [0.1, 0.15) is 16.9 Å². The molecule has 0 bridgehead atoms. The van der Waals surface area contributed by atoms with Crippen LogP contribution >= 0.6 is 11.8 Å². The number of nitro groups is 1.